The average Bonchev–Trinajstić information content (AvgIpc) is 1.88. The van der Waals surface area contributed by atoms with Crippen LogP contribution in [0.25, 0.3) is 0 Å². The maximum absolute atomic E-state index is 5.58. The molecule has 0 amide bonds. The number of hydrogen-bond acceptors (Lipinski definition) is 3. The van der Waals surface area contributed by atoms with Crippen LogP contribution in [0.4, 0.5) is 0 Å². The lowest BCUT2D eigenvalue weighted by molar-refractivity contribution is 0.744. The van der Waals surface area contributed by atoms with Crippen LogP contribution in [0.3, 0.4) is 0 Å². The molecule has 1 rings (SSSR count). The molecule has 1 heterocycles. The summed E-state index contributed by atoms with van der Waals surface area (Å²) in [5.74, 6) is 1.06. The minimum atomic E-state index is 0.744. The van der Waals surface area contributed by atoms with Crippen LogP contribution < -0.4 is 16.4 Å². The van der Waals surface area contributed by atoms with Crippen molar-refractivity contribution >= 4 is 0 Å². The summed E-state index contributed by atoms with van der Waals surface area (Å²) in [7, 11) is 1.89. The first-order chi connectivity index (χ1) is 4.74. The molecule has 0 aliphatic carbocycles. The molecule has 0 fully saturated rings. The summed E-state index contributed by atoms with van der Waals surface area (Å²) in [6, 6.07) is 0. The first-order valence-corrected chi connectivity index (χ1v) is 3.32. The molecule has 1 aliphatic heterocycles. The molecule has 0 atom stereocenters. The van der Waals surface area contributed by atoms with Crippen molar-refractivity contribution in [1.82, 2.24) is 10.6 Å². The monoisotopic (exact) mass is 139 g/mol. The van der Waals surface area contributed by atoms with Crippen molar-refractivity contribution in [3.05, 3.63) is 23.2 Å². The fraction of sp³-hybridized carbons (Fsp3) is 0.429. The third kappa shape index (κ3) is 1.23. The lowest BCUT2D eigenvalue weighted by Gasteiger charge is -2.17. The zero-order valence-corrected chi connectivity index (χ0v) is 6.36. The summed E-state index contributed by atoms with van der Waals surface area (Å²) in [5.41, 5.74) is 7.62. The zero-order chi connectivity index (χ0) is 7.56. The van der Waals surface area contributed by atoms with E-state index in [1.165, 1.54) is 0 Å². The van der Waals surface area contributed by atoms with Crippen LogP contribution >= 0.6 is 0 Å². The van der Waals surface area contributed by atoms with E-state index < -0.39 is 0 Å². The highest BCUT2D eigenvalue weighted by Crippen LogP contribution is 2.05. The normalized spacial score (nSPS) is 18.0. The summed E-state index contributed by atoms with van der Waals surface area (Å²) in [4.78, 5) is 0. The van der Waals surface area contributed by atoms with E-state index in [0.29, 0.717) is 0 Å². The second kappa shape index (κ2) is 2.64. The lowest BCUT2D eigenvalue weighted by atomic mass is 10.2. The molecule has 0 spiro atoms. The van der Waals surface area contributed by atoms with Crippen LogP contribution in [0.2, 0.25) is 0 Å². The number of allylic oxidation sites excluding steroid dienone is 2. The highest BCUT2D eigenvalue weighted by atomic mass is 15.1. The van der Waals surface area contributed by atoms with Crippen LogP contribution in [0.1, 0.15) is 6.92 Å². The van der Waals surface area contributed by atoms with Gasteiger partial charge in [-0.1, -0.05) is 0 Å². The fourth-order valence-corrected chi connectivity index (χ4v) is 1.02. The molecule has 0 radical (unpaired) electrons. The SMILES string of the molecule is CNC1=C(C)C=C(N)CN1. The highest BCUT2D eigenvalue weighted by molar-refractivity contribution is 5.29. The molecule has 0 saturated heterocycles. The van der Waals surface area contributed by atoms with E-state index in [1.807, 2.05) is 20.0 Å². The summed E-state index contributed by atoms with van der Waals surface area (Å²) in [6.45, 7) is 2.76. The van der Waals surface area contributed by atoms with E-state index in [2.05, 4.69) is 10.6 Å². The van der Waals surface area contributed by atoms with E-state index in [0.717, 1.165) is 23.6 Å². The van der Waals surface area contributed by atoms with Gasteiger partial charge in [-0.25, -0.2) is 0 Å². The topological polar surface area (TPSA) is 50.1 Å². The minimum Gasteiger partial charge on any atom is -0.401 e. The Labute approximate surface area is 61.0 Å². The molecular formula is C7H13N3. The van der Waals surface area contributed by atoms with Crippen molar-refractivity contribution < 1.29 is 0 Å². The van der Waals surface area contributed by atoms with Crippen molar-refractivity contribution in [3.63, 3.8) is 0 Å². The Morgan fingerprint density at radius 1 is 1.70 bits per heavy atom. The number of nitrogens with two attached hydrogens (primary N) is 1. The molecule has 0 aromatic rings. The molecule has 4 N–H and O–H groups in total. The standard InChI is InChI=1S/C7H13N3/c1-5-3-6(8)4-10-7(5)9-2/h3,9-10H,4,8H2,1-2H3. The fourth-order valence-electron chi connectivity index (χ4n) is 1.02. The Kier molecular flexibility index (Phi) is 1.85. The average molecular weight is 139 g/mol. The summed E-state index contributed by atoms with van der Waals surface area (Å²) >= 11 is 0. The van der Waals surface area contributed by atoms with Gasteiger partial charge in [-0.05, 0) is 18.6 Å². The second-order valence-corrected chi connectivity index (χ2v) is 2.38. The Bertz CT molecular complexity index is 191. The van der Waals surface area contributed by atoms with Gasteiger partial charge in [0.1, 0.15) is 5.82 Å². The van der Waals surface area contributed by atoms with Crippen molar-refractivity contribution in [3.8, 4) is 0 Å². The quantitative estimate of drug-likeness (QED) is 0.475. The van der Waals surface area contributed by atoms with Gasteiger partial charge in [0.05, 0.1) is 6.54 Å². The van der Waals surface area contributed by atoms with E-state index in [-0.39, 0.29) is 0 Å². The number of hydrogen-bond donors (Lipinski definition) is 3. The first kappa shape index (κ1) is 6.99. The minimum absolute atomic E-state index is 0.744. The predicted molar refractivity (Wildman–Crippen MR) is 42.0 cm³/mol. The molecule has 3 heteroatoms. The summed E-state index contributed by atoms with van der Waals surface area (Å²) < 4.78 is 0. The van der Waals surface area contributed by atoms with E-state index in [4.69, 9.17) is 5.73 Å². The molecule has 0 aromatic carbocycles. The van der Waals surface area contributed by atoms with Gasteiger partial charge < -0.3 is 16.4 Å². The van der Waals surface area contributed by atoms with Crippen LogP contribution in [0, 0.1) is 0 Å². The van der Waals surface area contributed by atoms with Gasteiger partial charge in [0.25, 0.3) is 0 Å². The van der Waals surface area contributed by atoms with Gasteiger partial charge >= 0.3 is 0 Å². The first-order valence-electron chi connectivity index (χ1n) is 3.32. The van der Waals surface area contributed by atoms with Crippen molar-refractivity contribution in [2.24, 2.45) is 5.73 Å². The third-order valence-electron chi connectivity index (χ3n) is 1.52. The third-order valence-corrected chi connectivity index (χ3v) is 1.52. The van der Waals surface area contributed by atoms with Crippen molar-refractivity contribution in [2.75, 3.05) is 13.6 Å². The summed E-state index contributed by atoms with van der Waals surface area (Å²) in [5, 5.41) is 6.19. The van der Waals surface area contributed by atoms with Gasteiger partial charge in [0.2, 0.25) is 0 Å². The van der Waals surface area contributed by atoms with Gasteiger partial charge in [-0.15, -0.1) is 0 Å². The van der Waals surface area contributed by atoms with E-state index in [1.54, 1.807) is 0 Å². The molecule has 0 unspecified atom stereocenters. The van der Waals surface area contributed by atoms with Crippen LogP contribution in [0.15, 0.2) is 23.2 Å². The van der Waals surface area contributed by atoms with E-state index >= 15 is 0 Å². The molecule has 0 bridgehead atoms. The largest absolute Gasteiger partial charge is 0.401 e. The Balaban J connectivity index is 2.80. The molecule has 56 valence electrons. The van der Waals surface area contributed by atoms with Crippen LogP contribution in [-0.2, 0) is 0 Å². The van der Waals surface area contributed by atoms with Gasteiger partial charge in [-0.2, -0.15) is 0 Å². The molecule has 3 nitrogen and oxygen atoms in total. The smallest absolute Gasteiger partial charge is 0.102 e. The summed E-state index contributed by atoms with van der Waals surface area (Å²) in [6.07, 6.45) is 1.97. The Morgan fingerprint density at radius 3 is 2.90 bits per heavy atom. The van der Waals surface area contributed by atoms with E-state index in [9.17, 15) is 0 Å². The predicted octanol–water partition coefficient (Wildman–Crippen LogP) is -0.117. The van der Waals surface area contributed by atoms with Crippen LogP contribution in [0.5, 0.6) is 0 Å². The van der Waals surface area contributed by atoms with Gasteiger partial charge in [-0.3, -0.25) is 0 Å². The second-order valence-electron chi connectivity index (χ2n) is 2.38. The van der Waals surface area contributed by atoms with Gasteiger partial charge in [0, 0.05) is 12.7 Å². The molecule has 0 aromatic heterocycles. The van der Waals surface area contributed by atoms with Crippen LogP contribution in [-0.4, -0.2) is 13.6 Å². The lowest BCUT2D eigenvalue weighted by Crippen LogP contribution is -2.31. The van der Waals surface area contributed by atoms with Crippen molar-refractivity contribution in [1.29, 1.82) is 0 Å². The maximum Gasteiger partial charge on any atom is 0.102 e. The molecule has 10 heavy (non-hydrogen) atoms. The number of dihydropyridines is 1. The van der Waals surface area contributed by atoms with Crippen molar-refractivity contribution in [2.45, 2.75) is 6.92 Å². The Morgan fingerprint density at radius 2 is 2.40 bits per heavy atom. The maximum atomic E-state index is 5.58. The zero-order valence-electron chi connectivity index (χ0n) is 6.36. The van der Waals surface area contributed by atoms with Gasteiger partial charge in [0.15, 0.2) is 0 Å². The number of rotatable bonds is 1. The molecule has 0 saturated carbocycles. The number of nitrogens with one attached hydrogen (secondary N) is 2. The molecule has 1 aliphatic rings. The molecular weight excluding hydrogens is 126 g/mol. The highest BCUT2D eigenvalue weighted by Gasteiger charge is 2.04. The Hall–Kier alpha value is -1.12.